The van der Waals surface area contributed by atoms with E-state index in [9.17, 15) is 4.79 Å². The molecule has 0 aliphatic heterocycles. The van der Waals surface area contributed by atoms with Crippen LogP contribution in [0.25, 0.3) is 0 Å². The van der Waals surface area contributed by atoms with Crippen molar-refractivity contribution in [2.75, 3.05) is 5.32 Å². The summed E-state index contributed by atoms with van der Waals surface area (Å²) in [6, 6.07) is 16.1. The number of pyridine rings is 1. The third kappa shape index (κ3) is 4.13. The molecule has 0 spiro atoms. The number of benzene rings is 2. The van der Waals surface area contributed by atoms with Crippen LogP contribution in [0.3, 0.4) is 0 Å². The lowest BCUT2D eigenvalue weighted by molar-refractivity contribution is 0.102. The van der Waals surface area contributed by atoms with E-state index in [0.717, 1.165) is 28.8 Å². The number of carbonyl (C=O) groups excluding carboxylic acids is 1. The largest absolute Gasteiger partial charge is 0.322 e. The Labute approximate surface area is 148 Å². The fourth-order valence-corrected chi connectivity index (χ4v) is 3.17. The van der Waals surface area contributed by atoms with Gasteiger partial charge in [0.05, 0.1) is 0 Å². The normalized spacial score (nSPS) is 10.5. The van der Waals surface area contributed by atoms with Crippen LogP contribution in [0.15, 0.2) is 60.9 Å². The summed E-state index contributed by atoms with van der Waals surface area (Å²) in [4.78, 5) is 16.7. The van der Waals surface area contributed by atoms with Gasteiger partial charge in [-0.05, 0) is 73.7 Å². The van der Waals surface area contributed by atoms with Crippen molar-refractivity contribution in [3.8, 4) is 0 Å². The number of nitrogens with zero attached hydrogens (tertiary/aromatic N) is 1. The molecule has 3 rings (SSSR count). The molecule has 2 aromatic carbocycles. The Kier molecular flexibility index (Phi) is 4.94. The van der Waals surface area contributed by atoms with Crippen molar-refractivity contribution < 1.29 is 4.79 Å². The highest BCUT2D eigenvalue weighted by Crippen LogP contribution is 2.19. The second kappa shape index (κ2) is 7.31. The Bertz CT molecular complexity index is 861. The number of aryl methyl sites for hydroxylation is 3. The summed E-state index contributed by atoms with van der Waals surface area (Å²) in [5.41, 5.74) is 7.17. The van der Waals surface area contributed by atoms with E-state index in [4.69, 9.17) is 0 Å². The van der Waals surface area contributed by atoms with E-state index >= 15 is 0 Å². The highest BCUT2D eigenvalue weighted by atomic mass is 16.1. The summed E-state index contributed by atoms with van der Waals surface area (Å²) in [7, 11) is 0. The van der Waals surface area contributed by atoms with Gasteiger partial charge in [0.2, 0.25) is 0 Å². The molecule has 1 heterocycles. The minimum Gasteiger partial charge on any atom is -0.322 e. The monoisotopic (exact) mass is 330 g/mol. The molecule has 126 valence electrons. The second-order valence-corrected chi connectivity index (χ2v) is 6.46. The van der Waals surface area contributed by atoms with Gasteiger partial charge in [0.1, 0.15) is 0 Å². The van der Waals surface area contributed by atoms with Crippen molar-refractivity contribution in [3.63, 3.8) is 0 Å². The van der Waals surface area contributed by atoms with Crippen LogP contribution in [0.1, 0.15) is 38.2 Å². The number of nitrogens with one attached hydrogen (secondary N) is 1. The molecule has 0 radical (unpaired) electrons. The van der Waals surface area contributed by atoms with Crippen molar-refractivity contribution in [2.45, 2.75) is 27.2 Å². The van der Waals surface area contributed by atoms with Crippen LogP contribution in [-0.2, 0) is 6.42 Å². The zero-order valence-corrected chi connectivity index (χ0v) is 14.8. The van der Waals surface area contributed by atoms with Crippen molar-refractivity contribution in [1.29, 1.82) is 0 Å². The molecule has 3 heteroatoms. The van der Waals surface area contributed by atoms with Crippen molar-refractivity contribution in [1.82, 2.24) is 4.98 Å². The molecule has 1 aromatic heterocycles. The summed E-state index contributed by atoms with van der Waals surface area (Å²) in [5.74, 6) is -0.0584. The Morgan fingerprint density at radius 1 is 0.880 bits per heavy atom. The molecule has 0 unspecified atom stereocenters. The van der Waals surface area contributed by atoms with Gasteiger partial charge < -0.3 is 5.32 Å². The van der Waals surface area contributed by atoms with E-state index in [1.54, 1.807) is 12.4 Å². The third-order valence-electron chi connectivity index (χ3n) is 4.27. The minimum absolute atomic E-state index is 0.0584. The molecule has 0 saturated heterocycles. The fraction of sp³-hybridized carbons (Fsp3) is 0.182. The van der Waals surface area contributed by atoms with Crippen molar-refractivity contribution in [2.24, 2.45) is 0 Å². The first-order valence-corrected chi connectivity index (χ1v) is 8.40. The quantitative estimate of drug-likeness (QED) is 0.743. The fourth-order valence-electron chi connectivity index (χ4n) is 3.17. The summed E-state index contributed by atoms with van der Waals surface area (Å²) in [6.45, 7) is 6.00. The average molecular weight is 330 g/mol. The Hall–Kier alpha value is -2.94. The van der Waals surface area contributed by atoms with Gasteiger partial charge in [-0.25, -0.2) is 0 Å². The maximum absolute atomic E-state index is 12.6. The van der Waals surface area contributed by atoms with E-state index in [1.807, 2.05) is 69.3 Å². The lowest BCUT2D eigenvalue weighted by Gasteiger charge is -2.12. The van der Waals surface area contributed by atoms with E-state index in [-0.39, 0.29) is 5.91 Å². The molecule has 0 aliphatic carbocycles. The van der Waals surface area contributed by atoms with Gasteiger partial charge in [-0.15, -0.1) is 0 Å². The molecule has 0 bridgehead atoms. The van der Waals surface area contributed by atoms with E-state index in [2.05, 4.69) is 10.3 Å². The molecule has 0 atom stereocenters. The number of rotatable bonds is 4. The first-order valence-electron chi connectivity index (χ1n) is 8.40. The van der Waals surface area contributed by atoms with Gasteiger partial charge in [0, 0.05) is 23.6 Å². The number of hydrogen-bond donors (Lipinski definition) is 1. The predicted molar refractivity (Wildman–Crippen MR) is 102 cm³/mol. The van der Waals surface area contributed by atoms with Crippen LogP contribution in [-0.4, -0.2) is 10.9 Å². The lowest BCUT2D eigenvalue weighted by Crippen LogP contribution is -2.15. The lowest BCUT2D eigenvalue weighted by atomic mass is 9.99. The number of aromatic nitrogens is 1. The minimum atomic E-state index is -0.0584. The molecule has 1 amide bonds. The maximum atomic E-state index is 12.6. The molecule has 0 aliphatic rings. The SMILES string of the molecule is Cc1cc(C)c(C(=O)Nc2ccc(Cc3ccncc3)cc2)c(C)c1. The Morgan fingerprint density at radius 2 is 1.44 bits per heavy atom. The molecule has 0 fully saturated rings. The summed E-state index contributed by atoms with van der Waals surface area (Å²) >= 11 is 0. The van der Waals surface area contributed by atoms with Crippen LogP contribution in [0.4, 0.5) is 5.69 Å². The third-order valence-corrected chi connectivity index (χ3v) is 4.27. The van der Waals surface area contributed by atoms with E-state index < -0.39 is 0 Å². The number of carbonyl (C=O) groups is 1. The molecular formula is C22H22N2O. The summed E-state index contributed by atoms with van der Waals surface area (Å²) < 4.78 is 0. The van der Waals surface area contributed by atoms with Crippen LogP contribution in [0, 0.1) is 20.8 Å². The van der Waals surface area contributed by atoms with Gasteiger partial charge in [0.25, 0.3) is 5.91 Å². The zero-order valence-electron chi connectivity index (χ0n) is 14.8. The first-order chi connectivity index (χ1) is 12.0. The standard InChI is InChI=1S/C22H22N2O/c1-15-12-16(2)21(17(3)13-15)22(25)24-20-6-4-18(5-7-20)14-19-8-10-23-11-9-19/h4-13H,14H2,1-3H3,(H,24,25). The molecular weight excluding hydrogens is 308 g/mol. The van der Waals surface area contributed by atoms with Gasteiger partial charge in [-0.1, -0.05) is 29.8 Å². The smallest absolute Gasteiger partial charge is 0.256 e. The van der Waals surface area contributed by atoms with Crippen molar-refractivity contribution in [3.05, 3.63) is 94.3 Å². The van der Waals surface area contributed by atoms with Crippen LogP contribution < -0.4 is 5.32 Å². The van der Waals surface area contributed by atoms with Gasteiger partial charge in [-0.2, -0.15) is 0 Å². The second-order valence-electron chi connectivity index (χ2n) is 6.46. The maximum Gasteiger partial charge on any atom is 0.256 e. The number of hydrogen-bond acceptors (Lipinski definition) is 2. The average Bonchev–Trinajstić information content (AvgIpc) is 2.56. The predicted octanol–water partition coefficient (Wildman–Crippen LogP) is 4.85. The first kappa shape index (κ1) is 16.9. The molecule has 1 N–H and O–H groups in total. The number of anilines is 1. The van der Waals surface area contributed by atoms with Gasteiger partial charge in [-0.3, -0.25) is 9.78 Å². The van der Waals surface area contributed by atoms with Gasteiger partial charge >= 0.3 is 0 Å². The van der Waals surface area contributed by atoms with Crippen LogP contribution in [0.5, 0.6) is 0 Å². The summed E-state index contributed by atoms with van der Waals surface area (Å²) in [6.07, 6.45) is 4.46. The van der Waals surface area contributed by atoms with E-state index in [1.165, 1.54) is 16.7 Å². The van der Waals surface area contributed by atoms with E-state index in [0.29, 0.717) is 0 Å². The van der Waals surface area contributed by atoms with Crippen LogP contribution in [0.2, 0.25) is 0 Å². The zero-order chi connectivity index (χ0) is 17.8. The van der Waals surface area contributed by atoms with Crippen LogP contribution >= 0.6 is 0 Å². The molecule has 3 nitrogen and oxygen atoms in total. The molecule has 3 aromatic rings. The Balaban J connectivity index is 1.72. The highest BCUT2D eigenvalue weighted by molar-refractivity contribution is 6.06. The number of amides is 1. The topological polar surface area (TPSA) is 42.0 Å². The molecule has 0 saturated carbocycles. The van der Waals surface area contributed by atoms with Crippen molar-refractivity contribution >= 4 is 11.6 Å². The highest BCUT2D eigenvalue weighted by Gasteiger charge is 2.13. The molecule has 25 heavy (non-hydrogen) atoms. The van der Waals surface area contributed by atoms with Gasteiger partial charge in [0.15, 0.2) is 0 Å². The summed E-state index contributed by atoms with van der Waals surface area (Å²) in [5, 5.41) is 3.00. The Morgan fingerprint density at radius 3 is 2.04 bits per heavy atom.